The van der Waals surface area contributed by atoms with Gasteiger partial charge in [0.25, 0.3) is 0 Å². The average molecular weight is 676 g/mol. The number of hydrogen-bond donors (Lipinski definition) is 6. The van der Waals surface area contributed by atoms with Gasteiger partial charge in [-0.25, -0.2) is 4.79 Å². The molecule has 0 spiro atoms. The molecule has 1 aromatic rings. The van der Waals surface area contributed by atoms with Crippen molar-refractivity contribution < 1.29 is 49.4 Å². The zero-order valence-corrected chi connectivity index (χ0v) is 28.0. The number of rotatable bonds is 16. The van der Waals surface area contributed by atoms with Gasteiger partial charge in [0.2, 0.25) is 12.1 Å². The third-order valence-electron chi connectivity index (χ3n) is 10.2. The van der Waals surface area contributed by atoms with Crippen molar-refractivity contribution in [2.24, 2.45) is 22.9 Å². The van der Waals surface area contributed by atoms with E-state index >= 15 is 0 Å². The lowest BCUT2D eigenvalue weighted by Gasteiger charge is -2.58. The Labute approximate surface area is 282 Å². The number of aliphatic hydroxyl groups is 4. The summed E-state index contributed by atoms with van der Waals surface area (Å²) in [4.78, 5) is 21.0. The van der Waals surface area contributed by atoms with Crippen LogP contribution < -0.4 is 10.1 Å². The molecule has 1 unspecified atom stereocenters. The van der Waals surface area contributed by atoms with Crippen molar-refractivity contribution in [2.45, 2.75) is 88.2 Å². The van der Waals surface area contributed by atoms with Crippen LogP contribution in [-0.4, -0.2) is 114 Å². The summed E-state index contributed by atoms with van der Waals surface area (Å²) in [6.07, 6.45) is 8.91. The molecule has 48 heavy (non-hydrogen) atoms. The molecule has 0 aromatic heterocycles. The minimum atomic E-state index is -1.86. The third kappa shape index (κ3) is 8.09. The van der Waals surface area contributed by atoms with Crippen LogP contribution in [0.5, 0.6) is 11.5 Å². The van der Waals surface area contributed by atoms with Crippen LogP contribution in [0.25, 0.3) is 0 Å². The van der Waals surface area contributed by atoms with Crippen molar-refractivity contribution in [3.05, 3.63) is 35.4 Å². The highest BCUT2D eigenvalue weighted by molar-refractivity contribution is 6.03. The van der Waals surface area contributed by atoms with Gasteiger partial charge in [-0.15, -0.1) is 0 Å². The fourth-order valence-corrected chi connectivity index (χ4v) is 7.94. The number of amides is 2. The van der Waals surface area contributed by atoms with E-state index in [4.69, 9.17) is 24.2 Å². The van der Waals surface area contributed by atoms with E-state index in [0.29, 0.717) is 37.3 Å². The number of allylic oxidation sites excluding steroid dienone is 1. The highest BCUT2D eigenvalue weighted by Crippen LogP contribution is 2.60. The van der Waals surface area contributed by atoms with Crippen LogP contribution in [-0.2, 0) is 14.3 Å². The smallest absolute Gasteiger partial charge is 0.317 e. The Morgan fingerprint density at radius 3 is 2.60 bits per heavy atom. The van der Waals surface area contributed by atoms with Gasteiger partial charge in [-0.3, -0.25) is 0 Å². The first kappa shape index (κ1) is 36.3. The van der Waals surface area contributed by atoms with E-state index in [1.165, 1.54) is 11.0 Å². The number of likely N-dealkylation sites (N-methyl/N-ethyl adjacent to an activating group) is 1. The molecule has 1 aromatic carbocycles. The quantitative estimate of drug-likeness (QED) is 0.113. The average Bonchev–Trinajstić information content (AvgIpc) is 3.09. The van der Waals surface area contributed by atoms with Crippen molar-refractivity contribution in [1.29, 1.82) is 0 Å². The number of phenols is 1. The molecule has 0 radical (unpaired) electrons. The molecular formula is C35H53N3O10. The molecule has 2 heterocycles. The van der Waals surface area contributed by atoms with Gasteiger partial charge in [-0.05, 0) is 74.1 Å². The Kier molecular flexibility index (Phi) is 13.0. The molecule has 5 rings (SSSR count). The van der Waals surface area contributed by atoms with E-state index < -0.39 is 30.1 Å². The summed E-state index contributed by atoms with van der Waals surface area (Å²) in [6.45, 7) is 1.24. The number of carbonyl (C=O) groups is 1. The number of nitrogens with zero attached hydrogens (tertiary/aromatic N) is 2. The standard InChI is InChI=1S/C35H53N3O10/c1-38(34(43)36-13-18-45-19-16-41)30-22-28(37-48-31-10-4-7-17-46-31)26-20-23(8-2-5-14-39)25(9-3-6-15-40)32-27-21-24(42)11-12-29(27)47-35(30,44)33(26)32/h11-12,20-21,23,25,30-33,39-42,44H,2-10,13-19,22H2,1H3,(H,36,43)/t23-,25+,30-,31?,32+,33+,35+/m0/s1. The van der Waals surface area contributed by atoms with Crippen molar-refractivity contribution in [2.75, 3.05) is 53.2 Å². The minimum absolute atomic E-state index is 0.00497. The zero-order valence-electron chi connectivity index (χ0n) is 28.0. The molecule has 13 nitrogen and oxygen atoms in total. The lowest BCUT2D eigenvalue weighted by Crippen LogP contribution is -2.69. The van der Waals surface area contributed by atoms with Crippen molar-refractivity contribution in [3.63, 3.8) is 0 Å². The number of urea groups is 1. The largest absolute Gasteiger partial charge is 0.508 e. The van der Waals surface area contributed by atoms with Crippen LogP contribution >= 0.6 is 0 Å². The van der Waals surface area contributed by atoms with Crippen molar-refractivity contribution in [3.8, 4) is 11.5 Å². The molecule has 6 N–H and O–H groups in total. The second-order valence-electron chi connectivity index (χ2n) is 13.3. The highest BCUT2D eigenvalue weighted by atomic mass is 16.8. The molecule has 4 aliphatic rings. The van der Waals surface area contributed by atoms with E-state index in [1.54, 1.807) is 19.2 Å². The third-order valence-corrected chi connectivity index (χ3v) is 10.2. The number of phenolic OH excluding ortho intramolecular Hbond substituents is 1. The van der Waals surface area contributed by atoms with Gasteiger partial charge in [-0.1, -0.05) is 24.1 Å². The Balaban J connectivity index is 1.58. The second kappa shape index (κ2) is 17.1. The Bertz CT molecular complexity index is 1270. The van der Waals surface area contributed by atoms with E-state index in [9.17, 15) is 25.2 Å². The van der Waals surface area contributed by atoms with Gasteiger partial charge in [0, 0.05) is 51.1 Å². The monoisotopic (exact) mass is 675 g/mol. The minimum Gasteiger partial charge on any atom is -0.508 e. The first-order valence-corrected chi connectivity index (χ1v) is 17.5. The molecule has 1 saturated carbocycles. The summed E-state index contributed by atoms with van der Waals surface area (Å²) >= 11 is 0. The summed E-state index contributed by atoms with van der Waals surface area (Å²) in [7, 11) is 1.62. The zero-order chi connectivity index (χ0) is 34.1. The van der Waals surface area contributed by atoms with Crippen LogP contribution in [0.3, 0.4) is 0 Å². The summed E-state index contributed by atoms with van der Waals surface area (Å²) in [5.41, 5.74) is 2.18. The molecule has 1 saturated heterocycles. The fraction of sp³-hybridized carbons (Fsp3) is 0.714. The molecule has 2 aliphatic heterocycles. The normalized spacial score (nSPS) is 30.1. The van der Waals surface area contributed by atoms with Gasteiger partial charge >= 0.3 is 6.03 Å². The van der Waals surface area contributed by atoms with Crippen LogP contribution in [0.15, 0.2) is 35.0 Å². The number of hydrogen-bond acceptors (Lipinski definition) is 11. The van der Waals surface area contributed by atoms with Crippen LogP contribution in [0.1, 0.15) is 75.7 Å². The van der Waals surface area contributed by atoms with Crippen LogP contribution in [0, 0.1) is 17.8 Å². The predicted octanol–water partition coefficient (Wildman–Crippen LogP) is 2.99. The molecule has 2 amide bonds. The number of carbonyl (C=O) groups excluding carboxylic acids is 1. The SMILES string of the molecule is CN(C(=O)NCCOCCO)[C@H]1CC(=NOC2CCCCO2)C2=C[C@H](CCCCO)[C@@H](CCCCO)[C@@H]3c4cc(O)ccc4O[C@@]1(O)[C@H]23. The summed E-state index contributed by atoms with van der Waals surface area (Å²) < 4.78 is 17.7. The number of benzene rings is 1. The Hall–Kier alpha value is -2.94. The molecule has 13 heteroatoms. The molecule has 268 valence electrons. The predicted molar refractivity (Wildman–Crippen MR) is 176 cm³/mol. The first-order chi connectivity index (χ1) is 23.3. The van der Waals surface area contributed by atoms with Crippen molar-refractivity contribution in [1.82, 2.24) is 10.2 Å². The van der Waals surface area contributed by atoms with Gasteiger partial charge < -0.3 is 54.8 Å². The molecule has 0 bridgehead atoms. The van der Waals surface area contributed by atoms with E-state index in [1.807, 2.05) is 0 Å². The van der Waals surface area contributed by atoms with Gasteiger partial charge in [0.1, 0.15) is 17.5 Å². The van der Waals surface area contributed by atoms with E-state index in [2.05, 4.69) is 16.5 Å². The first-order valence-electron chi connectivity index (χ1n) is 17.5. The molecular weight excluding hydrogens is 622 g/mol. The number of fused-ring (bicyclic) bond motifs is 2. The summed E-state index contributed by atoms with van der Waals surface area (Å²) in [5.74, 6) is -2.23. The van der Waals surface area contributed by atoms with Gasteiger partial charge in [-0.2, -0.15) is 0 Å². The van der Waals surface area contributed by atoms with Gasteiger partial charge in [0.15, 0.2) is 0 Å². The number of aliphatic hydroxyl groups excluding tert-OH is 3. The lowest BCUT2D eigenvalue weighted by molar-refractivity contribution is -0.226. The topological polar surface area (TPSA) is 183 Å². The maximum Gasteiger partial charge on any atom is 0.317 e. The molecule has 7 atom stereocenters. The maximum atomic E-state index is 13.5. The number of aromatic hydroxyl groups is 1. The van der Waals surface area contributed by atoms with Crippen LogP contribution in [0.4, 0.5) is 4.79 Å². The second-order valence-corrected chi connectivity index (χ2v) is 13.3. The van der Waals surface area contributed by atoms with Crippen molar-refractivity contribution >= 4 is 11.7 Å². The number of ether oxygens (including phenoxy) is 3. The van der Waals surface area contributed by atoms with E-state index in [0.717, 1.165) is 49.7 Å². The molecule has 2 fully saturated rings. The molecule has 2 aliphatic carbocycles. The number of oxime groups is 1. The Morgan fingerprint density at radius 2 is 1.88 bits per heavy atom. The van der Waals surface area contributed by atoms with E-state index in [-0.39, 0.29) is 69.5 Å². The highest BCUT2D eigenvalue weighted by Gasteiger charge is 2.63. The lowest BCUT2D eigenvalue weighted by atomic mass is 9.55. The Morgan fingerprint density at radius 1 is 1.08 bits per heavy atom. The maximum absolute atomic E-state index is 13.5. The summed E-state index contributed by atoms with van der Waals surface area (Å²) in [6, 6.07) is 3.61. The summed E-state index contributed by atoms with van der Waals surface area (Å²) in [5, 5.41) is 59.3. The number of unbranched alkanes of at least 4 members (excludes halogenated alkanes) is 2. The number of nitrogens with one attached hydrogen (secondary N) is 1. The van der Waals surface area contributed by atoms with Gasteiger partial charge in [0.05, 0.1) is 38.1 Å². The van der Waals surface area contributed by atoms with Crippen LogP contribution in [0.2, 0.25) is 0 Å². The fourth-order valence-electron chi connectivity index (χ4n) is 7.94.